The van der Waals surface area contributed by atoms with Crippen LogP contribution in [0, 0.1) is 18.6 Å². The highest BCUT2D eigenvalue weighted by atomic mass is 35.5. The Morgan fingerprint density at radius 2 is 1.77 bits per heavy atom. The van der Waals surface area contributed by atoms with Gasteiger partial charge in [-0.3, -0.25) is 9.59 Å². The van der Waals surface area contributed by atoms with Gasteiger partial charge >= 0.3 is 5.97 Å². The number of amides is 1. The van der Waals surface area contributed by atoms with Gasteiger partial charge < -0.3 is 24.4 Å². The maximum absolute atomic E-state index is 14.5. The molecule has 3 heterocycles. The van der Waals surface area contributed by atoms with Crippen molar-refractivity contribution in [1.82, 2.24) is 15.2 Å². The van der Waals surface area contributed by atoms with Gasteiger partial charge in [0, 0.05) is 42.0 Å². The second kappa shape index (κ2) is 15.0. The van der Waals surface area contributed by atoms with Gasteiger partial charge in [-0.15, -0.1) is 0 Å². The highest BCUT2D eigenvalue weighted by Gasteiger charge is 2.42. The lowest BCUT2D eigenvalue weighted by atomic mass is 9.88. The van der Waals surface area contributed by atoms with E-state index in [0.29, 0.717) is 31.3 Å². The van der Waals surface area contributed by atoms with Crippen LogP contribution in [0.25, 0.3) is 5.57 Å². The van der Waals surface area contributed by atoms with Crippen molar-refractivity contribution in [2.75, 3.05) is 20.3 Å². The first-order valence-electron chi connectivity index (χ1n) is 16.5. The number of pyridine rings is 1. The number of hydrogen-bond donors (Lipinski definition) is 1. The van der Waals surface area contributed by atoms with Gasteiger partial charge in [-0.05, 0) is 92.3 Å². The summed E-state index contributed by atoms with van der Waals surface area (Å²) in [5.74, 6) is -1.50. The number of benzene rings is 2. The molecule has 2 aromatic carbocycles. The number of aryl methyl sites for hydroxylation is 1. The summed E-state index contributed by atoms with van der Waals surface area (Å²) in [7, 11) is 1.35. The van der Waals surface area contributed by atoms with Crippen molar-refractivity contribution < 1.29 is 32.6 Å². The zero-order valence-electron chi connectivity index (χ0n) is 27.2. The lowest BCUT2D eigenvalue weighted by molar-refractivity contribution is -0.141. The molecule has 1 saturated heterocycles. The fourth-order valence-corrected chi connectivity index (χ4v) is 6.79. The highest BCUT2D eigenvalue weighted by Crippen LogP contribution is 2.40. The van der Waals surface area contributed by atoms with Crippen LogP contribution < -0.4 is 14.8 Å². The van der Waals surface area contributed by atoms with Crippen LogP contribution in [-0.4, -0.2) is 60.2 Å². The summed E-state index contributed by atoms with van der Waals surface area (Å²) >= 11 is 5.87. The highest BCUT2D eigenvalue weighted by molar-refractivity contribution is 6.32. The third-order valence-corrected chi connectivity index (χ3v) is 9.74. The smallest absolute Gasteiger partial charge is 0.308 e. The number of carbonyl (C=O) groups excluding carboxylic acids is 2. The van der Waals surface area contributed by atoms with Gasteiger partial charge in [-0.2, -0.15) is 0 Å². The lowest BCUT2D eigenvalue weighted by Gasteiger charge is -2.32. The van der Waals surface area contributed by atoms with E-state index in [1.165, 1.54) is 7.11 Å². The molecule has 1 aromatic heterocycles. The maximum Gasteiger partial charge on any atom is 0.308 e. The molecular formula is C37H40ClF2N3O5. The third kappa shape index (κ3) is 7.65. The number of carbonyl (C=O) groups is 2. The molecule has 2 aliphatic heterocycles. The van der Waals surface area contributed by atoms with E-state index in [1.54, 1.807) is 6.20 Å². The molecule has 8 nitrogen and oxygen atoms in total. The molecule has 3 aliphatic rings. The van der Waals surface area contributed by atoms with Gasteiger partial charge in [0.25, 0.3) is 5.91 Å². The van der Waals surface area contributed by atoms with Crippen molar-refractivity contribution in [3.63, 3.8) is 0 Å². The van der Waals surface area contributed by atoms with Gasteiger partial charge in [0.2, 0.25) is 5.88 Å². The molecule has 6 rings (SSSR count). The molecular weight excluding hydrogens is 640 g/mol. The number of methoxy groups -OCH3 is 1. The molecule has 1 amide bonds. The SMILES string of the molecule is COC(=O)CCOc1nccc(CN(C(=O)C2=C(c3ccc(CCCOc4c(F)ccc(F)c4Cl)cc3)C[C@@H]3CC[C@H]2N3)C2CC2)c1C. The molecule has 0 unspecified atom stereocenters. The standard InChI is InChI=1S/C37H40ClF2N3O5/c1-22-25(15-17-41-36(22)48-19-16-32(44)46-2)21-43(27-10-11-27)37(45)33-28(20-26-9-14-31(33)42-26)24-7-5-23(6-8-24)4-3-18-47-35-30(40)13-12-29(39)34(35)38/h5-8,12-13,15,17,26-27,31,42H,3-4,9-11,14,16,18-21H2,1-2H3/t26-,31+/m0/s1. The van der Waals surface area contributed by atoms with Crippen LogP contribution in [0.4, 0.5) is 8.78 Å². The topological polar surface area (TPSA) is 90.0 Å². The number of ether oxygens (including phenoxy) is 3. The van der Waals surface area contributed by atoms with Crippen molar-refractivity contribution in [3.8, 4) is 11.6 Å². The average Bonchev–Trinajstić information content (AvgIpc) is 3.87. The number of rotatable bonds is 14. The van der Waals surface area contributed by atoms with E-state index in [9.17, 15) is 18.4 Å². The first kappa shape index (κ1) is 33.9. The summed E-state index contributed by atoms with van der Waals surface area (Å²) in [6.45, 7) is 2.73. The molecule has 254 valence electrons. The minimum atomic E-state index is -0.720. The van der Waals surface area contributed by atoms with E-state index in [-0.39, 0.29) is 54.4 Å². The van der Waals surface area contributed by atoms with E-state index < -0.39 is 11.6 Å². The average molecular weight is 680 g/mol. The fourth-order valence-electron chi connectivity index (χ4n) is 6.58. The normalized spacial score (nSPS) is 18.5. The number of esters is 1. The molecule has 1 aliphatic carbocycles. The molecule has 3 aromatic rings. The Labute approximate surface area is 284 Å². The number of halogens is 3. The Bertz CT molecular complexity index is 1690. The van der Waals surface area contributed by atoms with Crippen LogP contribution in [0.1, 0.15) is 67.2 Å². The first-order chi connectivity index (χ1) is 23.2. The van der Waals surface area contributed by atoms with E-state index in [0.717, 1.165) is 77.6 Å². The fraction of sp³-hybridized carbons (Fsp3) is 0.432. The van der Waals surface area contributed by atoms with Crippen LogP contribution in [-0.2, 0) is 27.3 Å². The Morgan fingerprint density at radius 3 is 2.52 bits per heavy atom. The number of nitrogens with one attached hydrogen (secondary N) is 1. The summed E-state index contributed by atoms with van der Waals surface area (Å²) < 4.78 is 43.7. The van der Waals surface area contributed by atoms with Gasteiger partial charge in [0.15, 0.2) is 11.6 Å². The molecule has 2 fully saturated rings. The summed E-state index contributed by atoms with van der Waals surface area (Å²) in [6, 6.07) is 12.7. The molecule has 0 radical (unpaired) electrons. The van der Waals surface area contributed by atoms with E-state index in [4.69, 9.17) is 25.8 Å². The van der Waals surface area contributed by atoms with Gasteiger partial charge in [0.05, 0.1) is 20.1 Å². The largest absolute Gasteiger partial charge is 0.489 e. The first-order valence-corrected chi connectivity index (χ1v) is 16.9. The van der Waals surface area contributed by atoms with Crippen molar-refractivity contribution >= 4 is 29.1 Å². The summed E-state index contributed by atoms with van der Waals surface area (Å²) in [6.07, 6.45) is 7.76. The minimum absolute atomic E-state index is 0.00937. The van der Waals surface area contributed by atoms with Gasteiger partial charge in [0.1, 0.15) is 17.4 Å². The second-order valence-electron chi connectivity index (χ2n) is 12.7. The van der Waals surface area contributed by atoms with Crippen molar-refractivity contribution in [2.24, 2.45) is 0 Å². The zero-order valence-corrected chi connectivity index (χ0v) is 28.0. The molecule has 2 bridgehead atoms. The van der Waals surface area contributed by atoms with Gasteiger partial charge in [-0.1, -0.05) is 35.9 Å². The lowest BCUT2D eigenvalue weighted by Crippen LogP contribution is -2.44. The van der Waals surface area contributed by atoms with Crippen LogP contribution in [0.3, 0.4) is 0 Å². The molecule has 1 N–H and O–H groups in total. The summed E-state index contributed by atoms with van der Waals surface area (Å²) in [4.78, 5) is 32.4. The minimum Gasteiger partial charge on any atom is -0.489 e. The van der Waals surface area contributed by atoms with Gasteiger partial charge in [-0.25, -0.2) is 13.8 Å². The monoisotopic (exact) mass is 679 g/mol. The van der Waals surface area contributed by atoms with Crippen molar-refractivity contribution in [2.45, 2.75) is 83.0 Å². The molecule has 1 saturated carbocycles. The predicted molar refractivity (Wildman–Crippen MR) is 178 cm³/mol. The third-order valence-electron chi connectivity index (χ3n) is 9.39. The summed E-state index contributed by atoms with van der Waals surface area (Å²) in [5, 5.41) is 3.33. The van der Waals surface area contributed by atoms with Crippen molar-refractivity contribution in [1.29, 1.82) is 0 Å². The van der Waals surface area contributed by atoms with Crippen LogP contribution >= 0.6 is 11.6 Å². The number of aromatic nitrogens is 1. The summed E-state index contributed by atoms with van der Waals surface area (Å²) in [5.41, 5.74) is 5.89. The number of fused-ring (bicyclic) bond motifs is 2. The van der Waals surface area contributed by atoms with E-state index in [1.807, 2.05) is 17.9 Å². The van der Waals surface area contributed by atoms with Crippen LogP contribution in [0.15, 0.2) is 54.2 Å². The van der Waals surface area contributed by atoms with Crippen LogP contribution in [0.2, 0.25) is 5.02 Å². The molecule has 2 atom stereocenters. The predicted octanol–water partition coefficient (Wildman–Crippen LogP) is 6.74. The number of nitrogens with zero attached hydrogens (tertiary/aromatic N) is 2. The number of hydrogen-bond acceptors (Lipinski definition) is 7. The molecule has 11 heteroatoms. The second-order valence-corrected chi connectivity index (χ2v) is 13.0. The van der Waals surface area contributed by atoms with E-state index >= 15 is 0 Å². The quantitative estimate of drug-likeness (QED) is 0.115. The molecule has 0 spiro atoms. The zero-order chi connectivity index (χ0) is 33.8. The van der Waals surface area contributed by atoms with Crippen molar-refractivity contribution in [3.05, 3.63) is 93.1 Å². The van der Waals surface area contributed by atoms with E-state index in [2.05, 4.69) is 34.6 Å². The Balaban J connectivity index is 1.16. The van der Waals surface area contributed by atoms with Crippen LogP contribution in [0.5, 0.6) is 11.6 Å². The Kier molecular flexibility index (Phi) is 10.6. The molecule has 48 heavy (non-hydrogen) atoms. The Morgan fingerprint density at radius 1 is 1.00 bits per heavy atom. The maximum atomic E-state index is 14.5. The Hall–Kier alpha value is -4.02.